The second-order valence-corrected chi connectivity index (χ2v) is 8.12. The average Bonchev–Trinajstić information content (AvgIpc) is 3.45. The van der Waals surface area contributed by atoms with Gasteiger partial charge in [-0.2, -0.15) is 5.10 Å². The lowest BCUT2D eigenvalue weighted by Crippen LogP contribution is -2.46. The Hall–Kier alpha value is -2.25. The third-order valence-corrected chi connectivity index (χ3v) is 6.13. The maximum atomic E-state index is 12.8. The Morgan fingerprint density at radius 2 is 2.04 bits per heavy atom. The molecule has 0 radical (unpaired) electrons. The molecule has 1 saturated heterocycles. The van der Waals surface area contributed by atoms with Crippen molar-refractivity contribution in [1.82, 2.24) is 20.1 Å². The number of nitrogens with zero attached hydrogens (tertiary/aromatic N) is 3. The van der Waals surface area contributed by atoms with E-state index in [-0.39, 0.29) is 17.8 Å². The molecule has 8 heteroatoms. The van der Waals surface area contributed by atoms with Crippen LogP contribution in [0.25, 0.3) is 0 Å². The first-order valence-electron chi connectivity index (χ1n) is 9.63. The second kappa shape index (κ2) is 7.64. The molecule has 148 valence electrons. The van der Waals surface area contributed by atoms with Gasteiger partial charge in [0.2, 0.25) is 0 Å². The highest BCUT2D eigenvalue weighted by Gasteiger charge is 2.47. The lowest BCUT2D eigenvalue weighted by molar-refractivity contribution is 0.0662. The van der Waals surface area contributed by atoms with Gasteiger partial charge in [0, 0.05) is 25.6 Å². The minimum atomic E-state index is -0.593. The molecule has 2 aromatic heterocycles. The number of hydrogen-bond donors (Lipinski definition) is 2. The molecule has 1 amide bonds. The summed E-state index contributed by atoms with van der Waals surface area (Å²) in [5.74, 6) is 0.188. The van der Waals surface area contributed by atoms with Crippen LogP contribution >= 0.6 is 11.6 Å². The van der Waals surface area contributed by atoms with Crippen LogP contribution in [0, 0.1) is 11.3 Å². The number of amidine groups is 1. The maximum absolute atomic E-state index is 12.8. The molecule has 0 aromatic carbocycles. The Labute approximate surface area is 168 Å². The van der Waals surface area contributed by atoms with Crippen LogP contribution < -0.4 is 5.32 Å². The van der Waals surface area contributed by atoms with E-state index in [0.29, 0.717) is 29.8 Å². The number of aromatic nitrogens is 3. The molecule has 1 aliphatic heterocycles. The minimum Gasteiger partial charge on any atom is -0.381 e. The van der Waals surface area contributed by atoms with Gasteiger partial charge >= 0.3 is 0 Å². The van der Waals surface area contributed by atoms with Gasteiger partial charge in [-0.3, -0.25) is 14.9 Å². The number of nitrogens with one attached hydrogen (secondary N) is 2. The lowest BCUT2D eigenvalue weighted by Gasteiger charge is -2.31. The molecule has 1 aliphatic carbocycles. The zero-order chi connectivity index (χ0) is 19.7. The van der Waals surface area contributed by atoms with Crippen LogP contribution in [-0.2, 0) is 10.2 Å². The van der Waals surface area contributed by atoms with Crippen molar-refractivity contribution < 1.29 is 9.53 Å². The summed E-state index contributed by atoms with van der Waals surface area (Å²) in [6.07, 6.45) is 8.86. The molecule has 0 spiro atoms. The number of hydrogen-bond acceptors (Lipinski definition) is 5. The summed E-state index contributed by atoms with van der Waals surface area (Å²) in [6, 6.07) is 3.87. The fourth-order valence-corrected chi connectivity index (χ4v) is 3.96. The average molecular weight is 402 g/mol. The number of rotatable bonds is 5. The molecule has 3 heterocycles. The van der Waals surface area contributed by atoms with Gasteiger partial charge in [-0.05, 0) is 50.2 Å². The fraction of sp³-hybridized carbons (Fsp3) is 0.500. The number of ether oxygens (including phenoxy) is 1. The third-order valence-electron chi connectivity index (χ3n) is 5.91. The number of carbonyl (C=O) groups is 1. The largest absolute Gasteiger partial charge is 0.381 e. The van der Waals surface area contributed by atoms with Gasteiger partial charge < -0.3 is 10.1 Å². The van der Waals surface area contributed by atoms with Gasteiger partial charge in [-0.25, -0.2) is 4.98 Å². The van der Waals surface area contributed by atoms with Crippen molar-refractivity contribution in [1.29, 1.82) is 5.41 Å². The Bertz CT molecular complexity index is 871. The number of amides is 1. The summed E-state index contributed by atoms with van der Waals surface area (Å²) in [6.45, 7) is 3.42. The topological polar surface area (TPSA) is 92.9 Å². The van der Waals surface area contributed by atoms with Crippen molar-refractivity contribution in [3.63, 3.8) is 0 Å². The zero-order valence-corrected chi connectivity index (χ0v) is 16.6. The molecule has 2 aromatic rings. The van der Waals surface area contributed by atoms with Crippen LogP contribution in [0.5, 0.6) is 0 Å². The van der Waals surface area contributed by atoms with E-state index in [1.165, 1.54) is 0 Å². The van der Waals surface area contributed by atoms with Crippen molar-refractivity contribution in [2.75, 3.05) is 13.2 Å². The predicted molar refractivity (Wildman–Crippen MR) is 106 cm³/mol. The highest BCUT2D eigenvalue weighted by molar-refractivity contribution is 6.29. The van der Waals surface area contributed by atoms with Crippen molar-refractivity contribution in [2.24, 2.45) is 5.92 Å². The first-order chi connectivity index (χ1) is 13.5. The summed E-state index contributed by atoms with van der Waals surface area (Å²) in [5, 5.41) is 16.2. The molecule has 28 heavy (non-hydrogen) atoms. The van der Waals surface area contributed by atoms with Crippen LogP contribution in [0.15, 0.2) is 30.7 Å². The summed E-state index contributed by atoms with van der Waals surface area (Å²) in [7, 11) is 0. The van der Waals surface area contributed by atoms with E-state index in [0.717, 1.165) is 31.2 Å². The SMILES string of the molecule is CC(C(=N)NC(=O)c1cnn(C2CCOCC2)c1)(c1ccc(Cl)nc1)C1CC1. The zero-order valence-electron chi connectivity index (χ0n) is 15.8. The van der Waals surface area contributed by atoms with E-state index in [1.807, 2.05) is 17.7 Å². The predicted octanol–water partition coefficient (Wildman–Crippen LogP) is 3.36. The van der Waals surface area contributed by atoms with E-state index < -0.39 is 5.41 Å². The van der Waals surface area contributed by atoms with E-state index in [1.54, 1.807) is 24.7 Å². The van der Waals surface area contributed by atoms with Crippen LogP contribution in [0.2, 0.25) is 5.15 Å². The van der Waals surface area contributed by atoms with Crippen LogP contribution in [0.3, 0.4) is 0 Å². The van der Waals surface area contributed by atoms with E-state index in [2.05, 4.69) is 15.4 Å². The van der Waals surface area contributed by atoms with Gasteiger partial charge in [-0.1, -0.05) is 17.7 Å². The summed E-state index contributed by atoms with van der Waals surface area (Å²) < 4.78 is 7.22. The molecule has 2 N–H and O–H groups in total. The first-order valence-corrected chi connectivity index (χ1v) is 10.0. The summed E-state index contributed by atoms with van der Waals surface area (Å²) >= 11 is 5.92. The highest BCUT2D eigenvalue weighted by Crippen LogP contribution is 2.47. The van der Waals surface area contributed by atoms with Crippen LogP contribution in [0.4, 0.5) is 0 Å². The Morgan fingerprint density at radius 1 is 1.29 bits per heavy atom. The summed E-state index contributed by atoms with van der Waals surface area (Å²) in [4.78, 5) is 16.9. The molecule has 1 atom stereocenters. The molecule has 0 bridgehead atoms. The van der Waals surface area contributed by atoms with E-state index in [4.69, 9.17) is 21.7 Å². The van der Waals surface area contributed by atoms with Gasteiger partial charge in [0.1, 0.15) is 11.0 Å². The Balaban J connectivity index is 1.49. The van der Waals surface area contributed by atoms with E-state index >= 15 is 0 Å². The molecular formula is C20H24ClN5O2. The minimum absolute atomic E-state index is 0.183. The van der Waals surface area contributed by atoms with Gasteiger partial charge in [-0.15, -0.1) is 0 Å². The van der Waals surface area contributed by atoms with Crippen LogP contribution in [-0.4, -0.2) is 39.7 Å². The third kappa shape index (κ3) is 3.69. The molecular weight excluding hydrogens is 378 g/mol. The van der Waals surface area contributed by atoms with E-state index in [9.17, 15) is 4.79 Å². The molecule has 7 nitrogen and oxygen atoms in total. The van der Waals surface area contributed by atoms with Gasteiger partial charge in [0.25, 0.3) is 5.91 Å². The molecule has 1 unspecified atom stereocenters. The second-order valence-electron chi connectivity index (χ2n) is 7.73. The first kappa shape index (κ1) is 19.1. The molecule has 1 saturated carbocycles. The highest BCUT2D eigenvalue weighted by atomic mass is 35.5. The van der Waals surface area contributed by atoms with Gasteiger partial charge in [0.05, 0.1) is 23.2 Å². The smallest absolute Gasteiger partial charge is 0.259 e. The standard InChI is InChI=1S/C20H24ClN5O2/c1-20(14-2-3-14,15-4-5-17(21)23-11-15)19(22)25-18(27)13-10-24-26(12-13)16-6-8-28-9-7-16/h4-5,10-12,14,16H,2-3,6-9H2,1H3,(H2,22,25,27). The van der Waals surface area contributed by atoms with Crippen molar-refractivity contribution in [3.8, 4) is 0 Å². The quantitative estimate of drug-likeness (QED) is 0.456. The van der Waals surface area contributed by atoms with Gasteiger partial charge in [0.15, 0.2) is 0 Å². The lowest BCUT2D eigenvalue weighted by atomic mass is 9.77. The Kier molecular flexibility index (Phi) is 5.21. The van der Waals surface area contributed by atoms with Crippen LogP contribution in [0.1, 0.15) is 54.6 Å². The van der Waals surface area contributed by atoms with Crippen molar-refractivity contribution in [2.45, 2.75) is 44.1 Å². The maximum Gasteiger partial charge on any atom is 0.259 e. The molecule has 2 aliphatic rings. The molecule has 2 fully saturated rings. The number of halogens is 1. The van der Waals surface area contributed by atoms with Crippen molar-refractivity contribution in [3.05, 3.63) is 47.0 Å². The Morgan fingerprint density at radius 3 is 2.68 bits per heavy atom. The number of carbonyl (C=O) groups excluding carboxylic acids is 1. The van der Waals surface area contributed by atoms with Crippen molar-refractivity contribution >= 4 is 23.3 Å². The fourth-order valence-electron chi connectivity index (χ4n) is 3.85. The monoisotopic (exact) mass is 401 g/mol. The molecule has 4 rings (SSSR count). The normalized spacial score (nSPS) is 19.8. The summed E-state index contributed by atoms with van der Waals surface area (Å²) in [5.41, 5.74) is 0.760. The number of pyridine rings is 1.